The molecule has 1 saturated carbocycles. The van der Waals surface area contributed by atoms with Gasteiger partial charge in [0.25, 0.3) is 5.91 Å². The van der Waals surface area contributed by atoms with Crippen LogP contribution < -0.4 is 5.32 Å². The van der Waals surface area contributed by atoms with E-state index >= 15 is 0 Å². The number of imide groups is 1. The van der Waals surface area contributed by atoms with Crippen molar-refractivity contribution in [2.24, 2.45) is 5.92 Å². The number of halogens is 3. The van der Waals surface area contributed by atoms with Crippen LogP contribution in [0.3, 0.4) is 0 Å². The molecule has 3 aliphatic rings. The van der Waals surface area contributed by atoms with Crippen LogP contribution in [0.5, 0.6) is 0 Å². The van der Waals surface area contributed by atoms with Gasteiger partial charge in [-0.1, -0.05) is 12.1 Å². The maximum absolute atomic E-state index is 13.3. The summed E-state index contributed by atoms with van der Waals surface area (Å²) in [5, 5.41) is 2.65. The van der Waals surface area contributed by atoms with Crippen LogP contribution in [0.1, 0.15) is 25.3 Å². The molecule has 180 valence electrons. The lowest BCUT2D eigenvalue weighted by atomic mass is 9.96. The number of nitrogens with zero attached hydrogens (tertiary/aromatic N) is 3. The van der Waals surface area contributed by atoms with Crippen molar-refractivity contribution in [3.8, 4) is 0 Å². The number of piperazine rings is 1. The average Bonchev–Trinajstić information content (AvgIpc) is 3.59. The summed E-state index contributed by atoms with van der Waals surface area (Å²) in [5.41, 5.74) is -2.27. The summed E-state index contributed by atoms with van der Waals surface area (Å²) in [4.78, 5) is 38.9. The van der Waals surface area contributed by atoms with E-state index in [0.29, 0.717) is 6.07 Å². The average molecular weight is 488 g/mol. The Bertz CT molecular complexity index is 1100. The first-order valence-corrected chi connectivity index (χ1v) is 11.9. The third kappa shape index (κ3) is 4.19. The molecule has 9 nitrogen and oxygen atoms in total. The van der Waals surface area contributed by atoms with Crippen molar-refractivity contribution in [1.29, 1.82) is 0 Å². The van der Waals surface area contributed by atoms with Crippen LogP contribution in [0.4, 0.5) is 18.0 Å². The van der Waals surface area contributed by atoms with Crippen LogP contribution in [-0.4, -0.2) is 78.6 Å². The third-order valence-corrected chi connectivity index (χ3v) is 8.35. The number of amides is 4. The first-order valence-electron chi connectivity index (χ1n) is 10.4. The highest BCUT2D eigenvalue weighted by atomic mass is 32.2. The second-order valence-electron chi connectivity index (χ2n) is 8.58. The molecule has 4 rings (SSSR count). The third-order valence-electron chi connectivity index (χ3n) is 6.39. The highest BCUT2D eigenvalue weighted by Crippen LogP contribution is 2.42. The Morgan fingerprint density at radius 3 is 2.30 bits per heavy atom. The molecule has 1 atom stereocenters. The minimum Gasteiger partial charge on any atom is -0.338 e. The molecule has 0 bridgehead atoms. The molecule has 2 heterocycles. The molecule has 2 aliphatic heterocycles. The van der Waals surface area contributed by atoms with Crippen LogP contribution in [0, 0.1) is 5.92 Å². The van der Waals surface area contributed by atoms with E-state index in [-0.39, 0.29) is 32.1 Å². The zero-order valence-corrected chi connectivity index (χ0v) is 18.6. The van der Waals surface area contributed by atoms with E-state index in [0.717, 1.165) is 34.2 Å². The molecule has 4 amide bonds. The highest BCUT2D eigenvalue weighted by molar-refractivity contribution is 7.89. The lowest BCUT2D eigenvalue weighted by Crippen LogP contribution is -2.53. The van der Waals surface area contributed by atoms with Gasteiger partial charge in [0, 0.05) is 26.2 Å². The molecule has 0 aromatic heterocycles. The van der Waals surface area contributed by atoms with E-state index in [1.165, 1.54) is 11.0 Å². The topological polar surface area (TPSA) is 107 Å². The summed E-state index contributed by atoms with van der Waals surface area (Å²) in [6.45, 7) is 0.598. The molecule has 1 aliphatic carbocycles. The Balaban J connectivity index is 1.41. The first-order chi connectivity index (χ1) is 15.4. The lowest BCUT2D eigenvalue weighted by Gasteiger charge is -2.35. The predicted octanol–water partition coefficient (Wildman–Crippen LogP) is 1.26. The van der Waals surface area contributed by atoms with Crippen molar-refractivity contribution < 1.29 is 36.0 Å². The quantitative estimate of drug-likeness (QED) is 0.628. The number of nitrogens with one attached hydrogen (secondary N) is 1. The van der Waals surface area contributed by atoms with E-state index < -0.39 is 56.6 Å². The number of sulfonamides is 1. The number of hydrogen-bond donors (Lipinski definition) is 1. The van der Waals surface area contributed by atoms with Crippen molar-refractivity contribution >= 4 is 27.9 Å². The summed E-state index contributed by atoms with van der Waals surface area (Å²) < 4.78 is 66.4. The number of rotatable bonds is 5. The molecule has 2 saturated heterocycles. The fourth-order valence-corrected chi connectivity index (χ4v) is 5.91. The Morgan fingerprint density at radius 2 is 1.73 bits per heavy atom. The smallest absolute Gasteiger partial charge is 0.338 e. The monoisotopic (exact) mass is 488 g/mol. The molecule has 0 radical (unpaired) electrons. The van der Waals surface area contributed by atoms with Crippen molar-refractivity contribution in [1.82, 2.24) is 19.4 Å². The number of benzene rings is 1. The van der Waals surface area contributed by atoms with E-state index in [1.807, 2.05) is 0 Å². The molecular formula is C20H23F3N4O5S. The summed E-state index contributed by atoms with van der Waals surface area (Å²) in [5.74, 6) is -0.956. The van der Waals surface area contributed by atoms with Gasteiger partial charge in [0.05, 0.1) is 10.5 Å². The Labute approximate surface area is 188 Å². The van der Waals surface area contributed by atoms with Gasteiger partial charge in [0.1, 0.15) is 12.1 Å². The van der Waals surface area contributed by atoms with Crippen molar-refractivity contribution in [3.63, 3.8) is 0 Å². The van der Waals surface area contributed by atoms with Gasteiger partial charge >= 0.3 is 12.2 Å². The molecule has 1 N–H and O–H groups in total. The minimum atomic E-state index is -4.83. The number of urea groups is 1. The van der Waals surface area contributed by atoms with Crippen LogP contribution >= 0.6 is 0 Å². The van der Waals surface area contributed by atoms with Gasteiger partial charge in [0.15, 0.2) is 0 Å². The number of alkyl halides is 3. The summed E-state index contributed by atoms with van der Waals surface area (Å²) in [6, 6.07) is 3.30. The number of carbonyl (C=O) groups excluding carboxylic acids is 3. The molecule has 0 spiro atoms. The zero-order chi connectivity index (χ0) is 24.2. The van der Waals surface area contributed by atoms with Gasteiger partial charge in [0.2, 0.25) is 15.9 Å². The molecule has 1 aromatic rings. The van der Waals surface area contributed by atoms with Crippen molar-refractivity contribution in [2.45, 2.75) is 36.4 Å². The first kappa shape index (κ1) is 23.5. The van der Waals surface area contributed by atoms with Crippen LogP contribution in [-0.2, 0) is 25.8 Å². The lowest BCUT2D eigenvalue weighted by molar-refractivity contribution is -0.140. The van der Waals surface area contributed by atoms with Crippen molar-refractivity contribution in [3.05, 3.63) is 29.8 Å². The zero-order valence-electron chi connectivity index (χ0n) is 17.8. The minimum absolute atomic E-state index is 0.0439. The fourth-order valence-electron chi connectivity index (χ4n) is 4.27. The molecule has 3 fully saturated rings. The Kier molecular flexibility index (Phi) is 5.68. The van der Waals surface area contributed by atoms with Crippen LogP contribution in [0.2, 0.25) is 0 Å². The van der Waals surface area contributed by atoms with Gasteiger partial charge in [-0.05, 0) is 37.8 Å². The molecule has 1 unspecified atom stereocenters. The highest BCUT2D eigenvalue weighted by Gasteiger charge is 2.56. The molecule has 1 aromatic carbocycles. The molecule has 33 heavy (non-hydrogen) atoms. The van der Waals surface area contributed by atoms with Gasteiger partial charge < -0.3 is 10.2 Å². The maximum Gasteiger partial charge on any atom is 0.417 e. The normalized spacial score (nSPS) is 24.8. The van der Waals surface area contributed by atoms with Crippen LogP contribution in [0.25, 0.3) is 0 Å². The van der Waals surface area contributed by atoms with E-state index in [9.17, 15) is 36.0 Å². The Hall–Kier alpha value is -2.67. The maximum atomic E-state index is 13.3. The summed E-state index contributed by atoms with van der Waals surface area (Å²) in [7, 11) is -4.44. The largest absolute Gasteiger partial charge is 0.417 e. The fraction of sp³-hybridized carbons (Fsp3) is 0.550. The predicted molar refractivity (Wildman–Crippen MR) is 108 cm³/mol. The van der Waals surface area contributed by atoms with E-state index in [4.69, 9.17) is 0 Å². The number of hydrogen-bond acceptors (Lipinski definition) is 5. The molecular weight excluding hydrogens is 465 g/mol. The van der Waals surface area contributed by atoms with Crippen LogP contribution in [0.15, 0.2) is 29.2 Å². The van der Waals surface area contributed by atoms with Crippen molar-refractivity contribution in [2.75, 3.05) is 32.7 Å². The summed E-state index contributed by atoms with van der Waals surface area (Å²) >= 11 is 0. The van der Waals surface area contributed by atoms with Gasteiger partial charge in [-0.3, -0.25) is 14.5 Å². The SMILES string of the molecule is CC1(C2CC2)NC(=O)N(CC(=O)N2CCN(S(=O)(=O)c3ccccc3C(F)(F)F)CC2)C1=O. The number of carbonyl (C=O) groups is 3. The Morgan fingerprint density at radius 1 is 1.12 bits per heavy atom. The second-order valence-corrected chi connectivity index (χ2v) is 10.5. The summed E-state index contributed by atoms with van der Waals surface area (Å²) in [6.07, 6.45) is -3.20. The van der Waals surface area contributed by atoms with E-state index in [1.54, 1.807) is 6.92 Å². The standard InChI is InChI=1S/C20H23F3N4O5S/c1-19(13-6-7-13)17(29)27(18(30)24-19)12-16(28)25-8-10-26(11-9-25)33(31,32)15-5-3-2-4-14(15)20(21,22)23/h2-5,13H,6-12H2,1H3,(H,24,30). The van der Waals surface area contributed by atoms with Gasteiger partial charge in [-0.25, -0.2) is 13.2 Å². The van der Waals surface area contributed by atoms with E-state index in [2.05, 4.69) is 5.32 Å². The van der Waals surface area contributed by atoms with Gasteiger partial charge in [-0.2, -0.15) is 17.5 Å². The second kappa shape index (κ2) is 7.97. The molecule has 13 heteroatoms. The van der Waals surface area contributed by atoms with Gasteiger partial charge in [-0.15, -0.1) is 0 Å².